The molecular formula is C14H13ClN2O. The molecule has 0 saturated heterocycles. The number of nitrogens with zero attached hydrogens (tertiary/aromatic N) is 1. The molecule has 18 heavy (non-hydrogen) atoms. The molecule has 0 aliphatic rings. The number of nitrogens with one attached hydrogen (secondary N) is 1. The molecule has 1 N–H and O–H groups in total. The maximum absolute atomic E-state index is 12.0. The van der Waals surface area contributed by atoms with Crippen molar-refractivity contribution in [2.24, 2.45) is 0 Å². The van der Waals surface area contributed by atoms with Gasteiger partial charge >= 0.3 is 0 Å². The second kappa shape index (κ2) is 5.65. The zero-order valence-electron chi connectivity index (χ0n) is 9.93. The summed E-state index contributed by atoms with van der Waals surface area (Å²) in [5.41, 5.74) is 1.29. The smallest absolute Gasteiger partial charge is 0.253 e. The van der Waals surface area contributed by atoms with E-state index in [1.807, 2.05) is 25.1 Å². The third kappa shape index (κ3) is 2.87. The summed E-state index contributed by atoms with van der Waals surface area (Å²) in [5, 5.41) is 3.31. The minimum Gasteiger partial charge on any atom is -0.344 e. The van der Waals surface area contributed by atoms with E-state index in [9.17, 15) is 4.79 Å². The van der Waals surface area contributed by atoms with E-state index in [2.05, 4.69) is 10.3 Å². The standard InChI is InChI=1S/C14H13ClN2O/c1-10(13-8-4-5-9-16-13)17-14(18)11-6-2-3-7-12(11)15/h2-10H,1H3,(H,17,18)/t10-/m0/s1. The summed E-state index contributed by atoms with van der Waals surface area (Å²) < 4.78 is 0. The van der Waals surface area contributed by atoms with Crippen LogP contribution in [0.2, 0.25) is 5.02 Å². The van der Waals surface area contributed by atoms with Gasteiger partial charge in [0.05, 0.1) is 22.3 Å². The predicted octanol–water partition coefficient (Wildman–Crippen LogP) is 3.23. The Balaban J connectivity index is 2.11. The summed E-state index contributed by atoms with van der Waals surface area (Å²) in [4.78, 5) is 16.2. The van der Waals surface area contributed by atoms with Gasteiger partial charge in [0.2, 0.25) is 0 Å². The van der Waals surface area contributed by atoms with Gasteiger partial charge in [-0.15, -0.1) is 0 Å². The lowest BCUT2D eigenvalue weighted by molar-refractivity contribution is 0.0939. The number of benzene rings is 1. The lowest BCUT2D eigenvalue weighted by atomic mass is 10.1. The summed E-state index contributed by atoms with van der Waals surface area (Å²) in [5.74, 6) is -0.196. The van der Waals surface area contributed by atoms with Crippen molar-refractivity contribution in [1.82, 2.24) is 10.3 Å². The van der Waals surface area contributed by atoms with Gasteiger partial charge in [0.1, 0.15) is 0 Å². The number of hydrogen-bond acceptors (Lipinski definition) is 2. The van der Waals surface area contributed by atoms with E-state index in [-0.39, 0.29) is 11.9 Å². The largest absolute Gasteiger partial charge is 0.344 e. The molecule has 0 radical (unpaired) electrons. The molecule has 1 heterocycles. The number of halogens is 1. The summed E-state index contributed by atoms with van der Waals surface area (Å²) in [6.45, 7) is 1.89. The number of carbonyl (C=O) groups excluding carboxylic acids is 1. The van der Waals surface area contributed by atoms with Crippen molar-refractivity contribution in [3.63, 3.8) is 0 Å². The van der Waals surface area contributed by atoms with E-state index in [0.29, 0.717) is 10.6 Å². The number of amides is 1. The van der Waals surface area contributed by atoms with Crippen LogP contribution in [-0.2, 0) is 0 Å². The number of aromatic nitrogens is 1. The molecule has 0 aliphatic carbocycles. The molecule has 1 aromatic carbocycles. The minimum atomic E-state index is -0.196. The molecule has 2 rings (SSSR count). The molecule has 3 nitrogen and oxygen atoms in total. The molecule has 4 heteroatoms. The van der Waals surface area contributed by atoms with E-state index in [0.717, 1.165) is 5.69 Å². The van der Waals surface area contributed by atoms with E-state index in [4.69, 9.17) is 11.6 Å². The highest BCUT2D eigenvalue weighted by Crippen LogP contribution is 2.16. The second-order valence-electron chi connectivity index (χ2n) is 3.93. The van der Waals surface area contributed by atoms with Crippen LogP contribution in [0.5, 0.6) is 0 Å². The molecule has 0 fully saturated rings. The Hall–Kier alpha value is -1.87. The minimum absolute atomic E-state index is 0.157. The Labute approximate surface area is 111 Å². The third-order valence-corrected chi connectivity index (χ3v) is 2.93. The number of hydrogen-bond donors (Lipinski definition) is 1. The fourth-order valence-corrected chi connectivity index (χ4v) is 1.85. The molecule has 2 aromatic rings. The lowest BCUT2D eigenvalue weighted by Gasteiger charge is -2.13. The first-order chi connectivity index (χ1) is 8.68. The molecule has 1 aromatic heterocycles. The van der Waals surface area contributed by atoms with Crippen LogP contribution in [0.4, 0.5) is 0 Å². The van der Waals surface area contributed by atoms with Crippen molar-refractivity contribution in [2.45, 2.75) is 13.0 Å². The summed E-state index contributed by atoms with van der Waals surface area (Å²) >= 11 is 5.97. The number of rotatable bonds is 3. The molecule has 1 amide bonds. The third-order valence-electron chi connectivity index (χ3n) is 2.60. The maximum atomic E-state index is 12.0. The van der Waals surface area contributed by atoms with Crippen LogP contribution in [0, 0.1) is 0 Å². The van der Waals surface area contributed by atoms with E-state index in [1.165, 1.54) is 0 Å². The molecule has 0 bridgehead atoms. The fourth-order valence-electron chi connectivity index (χ4n) is 1.63. The SMILES string of the molecule is C[C@H](NC(=O)c1ccccc1Cl)c1ccccn1. The van der Waals surface area contributed by atoms with Crippen molar-refractivity contribution in [1.29, 1.82) is 0 Å². The van der Waals surface area contributed by atoms with E-state index >= 15 is 0 Å². The van der Waals surface area contributed by atoms with Gasteiger partial charge in [0.15, 0.2) is 0 Å². The topological polar surface area (TPSA) is 42.0 Å². The van der Waals surface area contributed by atoms with Crippen LogP contribution in [0.25, 0.3) is 0 Å². The fraction of sp³-hybridized carbons (Fsp3) is 0.143. The van der Waals surface area contributed by atoms with Crippen molar-refractivity contribution < 1.29 is 4.79 Å². The van der Waals surface area contributed by atoms with Crippen molar-refractivity contribution in [3.8, 4) is 0 Å². The highest BCUT2D eigenvalue weighted by Gasteiger charge is 2.13. The molecule has 1 atom stereocenters. The van der Waals surface area contributed by atoms with Crippen LogP contribution < -0.4 is 5.32 Å². The number of pyridine rings is 1. The first kappa shape index (κ1) is 12.6. The Kier molecular flexibility index (Phi) is 3.95. The van der Waals surface area contributed by atoms with Gasteiger partial charge in [0.25, 0.3) is 5.91 Å². The van der Waals surface area contributed by atoms with Gasteiger partial charge in [-0.05, 0) is 31.2 Å². The predicted molar refractivity (Wildman–Crippen MR) is 71.6 cm³/mol. The van der Waals surface area contributed by atoms with E-state index < -0.39 is 0 Å². The van der Waals surface area contributed by atoms with Crippen LogP contribution in [-0.4, -0.2) is 10.9 Å². The van der Waals surface area contributed by atoms with Gasteiger partial charge in [0, 0.05) is 6.20 Å². The zero-order valence-corrected chi connectivity index (χ0v) is 10.7. The molecule has 0 saturated carbocycles. The van der Waals surface area contributed by atoms with Crippen molar-refractivity contribution >= 4 is 17.5 Å². The Morgan fingerprint density at radius 1 is 1.22 bits per heavy atom. The average molecular weight is 261 g/mol. The Bertz CT molecular complexity index is 543. The molecule has 0 aliphatic heterocycles. The molecular weight excluding hydrogens is 248 g/mol. The summed E-state index contributed by atoms with van der Waals surface area (Å²) in [6.07, 6.45) is 1.70. The van der Waals surface area contributed by atoms with Crippen molar-refractivity contribution in [3.05, 3.63) is 64.9 Å². The van der Waals surface area contributed by atoms with Gasteiger partial charge < -0.3 is 5.32 Å². The van der Waals surface area contributed by atoms with Crippen molar-refractivity contribution in [2.75, 3.05) is 0 Å². The normalized spacial score (nSPS) is 11.9. The highest BCUT2D eigenvalue weighted by atomic mass is 35.5. The summed E-state index contributed by atoms with van der Waals surface area (Å²) in [7, 11) is 0. The zero-order chi connectivity index (χ0) is 13.0. The molecule has 0 unspecified atom stereocenters. The second-order valence-corrected chi connectivity index (χ2v) is 4.34. The highest BCUT2D eigenvalue weighted by molar-refractivity contribution is 6.33. The van der Waals surface area contributed by atoms with Gasteiger partial charge in [-0.25, -0.2) is 0 Å². The summed E-state index contributed by atoms with van der Waals surface area (Å²) in [6, 6.07) is 12.4. The first-order valence-electron chi connectivity index (χ1n) is 5.65. The van der Waals surface area contributed by atoms with Crippen LogP contribution in [0.15, 0.2) is 48.7 Å². The maximum Gasteiger partial charge on any atom is 0.253 e. The Morgan fingerprint density at radius 2 is 1.94 bits per heavy atom. The van der Waals surface area contributed by atoms with Gasteiger partial charge in [-0.1, -0.05) is 29.8 Å². The number of carbonyl (C=O) groups is 1. The Morgan fingerprint density at radius 3 is 2.61 bits per heavy atom. The first-order valence-corrected chi connectivity index (χ1v) is 6.02. The monoisotopic (exact) mass is 260 g/mol. The van der Waals surface area contributed by atoms with E-state index in [1.54, 1.807) is 30.5 Å². The molecule has 92 valence electrons. The van der Waals surface area contributed by atoms with Crippen LogP contribution in [0.3, 0.4) is 0 Å². The van der Waals surface area contributed by atoms with Crippen LogP contribution >= 0.6 is 11.6 Å². The van der Waals surface area contributed by atoms with Crippen LogP contribution in [0.1, 0.15) is 29.0 Å². The van der Waals surface area contributed by atoms with Gasteiger partial charge in [-0.2, -0.15) is 0 Å². The lowest BCUT2D eigenvalue weighted by Crippen LogP contribution is -2.27. The van der Waals surface area contributed by atoms with Gasteiger partial charge in [-0.3, -0.25) is 9.78 Å². The average Bonchev–Trinajstić information content (AvgIpc) is 2.40. The molecule has 0 spiro atoms. The quantitative estimate of drug-likeness (QED) is 0.921.